The van der Waals surface area contributed by atoms with E-state index >= 15 is 0 Å². The molecule has 0 radical (unpaired) electrons. The standard InChI is InChI=1S/C10H11ClF3NO/c11-8-4-2-1-3-7(8)9(16,5-6-15)10(12,13)14/h1-4,16H,5-6,15H2. The van der Waals surface area contributed by atoms with E-state index < -0.39 is 18.2 Å². The van der Waals surface area contributed by atoms with E-state index in [1.165, 1.54) is 18.2 Å². The molecule has 0 heterocycles. The van der Waals surface area contributed by atoms with Crippen molar-refractivity contribution in [1.82, 2.24) is 0 Å². The summed E-state index contributed by atoms with van der Waals surface area (Å²) in [6.45, 7) is -0.290. The summed E-state index contributed by atoms with van der Waals surface area (Å²) in [7, 11) is 0. The minimum absolute atomic E-state index is 0.129. The normalized spacial score (nSPS) is 15.9. The number of nitrogens with two attached hydrogens (primary N) is 1. The summed E-state index contributed by atoms with van der Waals surface area (Å²) in [4.78, 5) is 0. The molecule has 3 N–H and O–H groups in total. The van der Waals surface area contributed by atoms with E-state index in [1.54, 1.807) is 0 Å². The molecule has 1 atom stereocenters. The van der Waals surface area contributed by atoms with E-state index in [0.29, 0.717) is 0 Å². The zero-order valence-electron chi connectivity index (χ0n) is 8.26. The lowest BCUT2D eigenvalue weighted by atomic mass is 9.89. The smallest absolute Gasteiger partial charge is 0.376 e. The van der Waals surface area contributed by atoms with Gasteiger partial charge in [0.2, 0.25) is 0 Å². The van der Waals surface area contributed by atoms with Gasteiger partial charge < -0.3 is 10.8 Å². The third kappa shape index (κ3) is 2.31. The largest absolute Gasteiger partial charge is 0.421 e. The Morgan fingerprint density at radius 1 is 1.25 bits per heavy atom. The molecule has 6 heteroatoms. The predicted octanol–water partition coefficient (Wildman–Crippen LogP) is 2.44. The molecule has 1 aromatic carbocycles. The summed E-state index contributed by atoms with van der Waals surface area (Å²) in [5.41, 5.74) is 1.74. The summed E-state index contributed by atoms with van der Waals surface area (Å²) < 4.78 is 38.4. The van der Waals surface area contributed by atoms with Crippen LogP contribution < -0.4 is 5.73 Å². The molecule has 1 unspecified atom stereocenters. The van der Waals surface area contributed by atoms with Crippen LogP contribution in [-0.2, 0) is 5.60 Å². The van der Waals surface area contributed by atoms with Crippen LogP contribution in [0.5, 0.6) is 0 Å². The topological polar surface area (TPSA) is 46.2 Å². The van der Waals surface area contributed by atoms with E-state index in [2.05, 4.69) is 0 Å². The fourth-order valence-electron chi connectivity index (χ4n) is 1.43. The molecular weight excluding hydrogens is 243 g/mol. The number of halogens is 4. The summed E-state index contributed by atoms with van der Waals surface area (Å²) in [6, 6.07) is 5.31. The Bertz CT molecular complexity index is 369. The Hall–Kier alpha value is -0.780. The average molecular weight is 254 g/mol. The van der Waals surface area contributed by atoms with Gasteiger partial charge in [0, 0.05) is 17.0 Å². The van der Waals surface area contributed by atoms with Crippen LogP contribution in [0.1, 0.15) is 12.0 Å². The number of hydrogen-bond donors (Lipinski definition) is 2. The monoisotopic (exact) mass is 253 g/mol. The Kier molecular flexibility index (Phi) is 3.83. The van der Waals surface area contributed by atoms with E-state index in [-0.39, 0.29) is 17.1 Å². The molecule has 0 bridgehead atoms. The summed E-state index contributed by atoms with van der Waals surface area (Å²) in [5.74, 6) is 0. The van der Waals surface area contributed by atoms with Crippen molar-refractivity contribution in [2.24, 2.45) is 5.73 Å². The van der Waals surface area contributed by atoms with Crippen molar-refractivity contribution in [2.45, 2.75) is 18.2 Å². The average Bonchev–Trinajstić information content (AvgIpc) is 2.16. The van der Waals surface area contributed by atoms with E-state index in [4.69, 9.17) is 17.3 Å². The molecule has 0 saturated heterocycles. The maximum Gasteiger partial charge on any atom is 0.421 e. The van der Waals surface area contributed by atoms with E-state index in [1.807, 2.05) is 0 Å². The molecule has 0 saturated carbocycles. The lowest BCUT2D eigenvalue weighted by molar-refractivity contribution is -0.268. The molecule has 0 aliphatic rings. The number of aliphatic hydroxyl groups is 1. The van der Waals surface area contributed by atoms with Gasteiger partial charge in [-0.2, -0.15) is 13.2 Å². The maximum atomic E-state index is 12.8. The quantitative estimate of drug-likeness (QED) is 0.869. The molecule has 1 rings (SSSR count). The van der Waals surface area contributed by atoms with Crippen molar-refractivity contribution in [2.75, 3.05) is 6.54 Å². The lowest BCUT2D eigenvalue weighted by Crippen LogP contribution is -2.44. The third-order valence-corrected chi connectivity index (χ3v) is 2.62. The van der Waals surface area contributed by atoms with Gasteiger partial charge in [-0.25, -0.2) is 0 Å². The van der Waals surface area contributed by atoms with Crippen molar-refractivity contribution in [3.8, 4) is 0 Å². The maximum absolute atomic E-state index is 12.8. The molecule has 0 fully saturated rings. The van der Waals surface area contributed by atoms with E-state index in [9.17, 15) is 18.3 Å². The molecule has 0 spiro atoms. The van der Waals surface area contributed by atoms with Crippen LogP contribution in [0.3, 0.4) is 0 Å². The second kappa shape index (κ2) is 4.61. The highest BCUT2D eigenvalue weighted by atomic mass is 35.5. The second-order valence-electron chi connectivity index (χ2n) is 3.38. The minimum atomic E-state index is -4.81. The highest BCUT2D eigenvalue weighted by Crippen LogP contribution is 2.43. The summed E-state index contributed by atoms with van der Waals surface area (Å²) in [5, 5.41) is 9.58. The van der Waals surface area contributed by atoms with Gasteiger partial charge >= 0.3 is 6.18 Å². The Morgan fingerprint density at radius 2 is 1.81 bits per heavy atom. The second-order valence-corrected chi connectivity index (χ2v) is 3.78. The van der Waals surface area contributed by atoms with Crippen LogP contribution in [0, 0.1) is 0 Å². The first-order valence-corrected chi connectivity index (χ1v) is 4.95. The highest BCUT2D eigenvalue weighted by Gasteiger charge is 2.55. The van der Waals surface area contributed by atoms with Crippen LogP contribution in [0.15, 0.2) is 24.3 Å². The molecule has 0 amide bonds. The van der Waals surface area contributed by atoms with Gasteiger partial charge in [-0.3, -0.25) is 0 Å². The number of alkyl halides is 3. The zero-order chi connectivity index (χ0) is 12.4. The third-order valence-electron chi connectivity index (χ3n) is 2.29. The van der Waals surface area contributed by atoms with Crippen LogP contribution in [0.25, 0.3) is 0 Å². The molecule has 0 aliphatic carbocycles. The van der Waals surface area contributed by atoms with Crippen molar-refractivity contribution in [3.05, 3.63) is 34.9 Å². The highest BCUT2D eigenvalue weighted by molar-refractivity contribution is 6.31. The first kappa shape index (κ1) is 13.3. The SMILES string of the molecule is NCCC(O)(c1ccccc1Cl)C(F)(F)F. The van der Waals surface area contributed by atoms with Crippen molar-refractivity contribution in [3.63, 3.8) is 0 Å². The van der Waals surface area contributed by atoms with Gasteiger partial charge in [0.15, 0.2) is 5.60 Å². The Morgan fingerprint density at radius 3 is 2.25 bits per heavy atom. The molecule has 1 aromatic rings. The van der Waals surface area contributed by atoms with Gasteiger partial charge in [-0.15, -0.1) is 0 Å². The number of benzene rings is 1. The van der Waals surface area contributed by atoms with Crippen LogP contribution in [0.2, 0.25) is 5.02 Å². The Labute approximate surface area is 95.8 Å². The molecule has 0 aromatic heterocycles. The van der Waals surface area contributed by atoms with Crippen LogP contribution >= 0.6 is 11.6 Å². The van der Waals surface area contributed by atoms with Gasteiger partial charge in [0.25, 0.3) is 0 Å². The fourth-order valence-corrected chi connectivity index (χ4v) is 1.73. The van der Waals surface area contributed by atoms with Crippen molar-refractivity contribution >= 4 is 11.6 Å². The number of hydrogen-bond acceptors (Lipinski definition) is 2. The van der Waals surface area contributed by atoms with Crippen molar-refractivity contribution in [1.29, 1.82) is 0 Å². The van der Waals surface area contributed by atoms with E-state index in [0.717, 1.165) is 6.07 Å². The first-order valence-electron chi connectivity index (χ1n) is 4.57. The predicted molar refractivity (Wildman–Crippen MR) is 55.1 cm³/mol. The lowest BCUT2D eigenvalue weighted by Gasteiger charge is -2.31. The Balaban J connectivity index is 3.28. The molecule has 2 nitrogen and oxygen atoms in total. The molecular formula is C10H11ClF3NO. The van der Waals surface area contributed by atoms with Crippen molar-refractivity contribution < 1.29 is 18.3 Å². The molecule has 90 valence electrons. The van der Waals surface area contributed by atoms with Crippen LogP contribution in [0.4, 0.5) is 13.2 Å². The van der Waals surface area contributed by atoms with Gasteiger partial charge in [0.1, 0.15) is 0 Å². The first-order chi connectivity index (χ1) is 7.33. The number of rotatable bonds is 3. The summed E-state index contributed by atoms with van der Waals surface area (Å²) in [6.07, 6.45) is -5.43. The molecule has 0 aliphatic heterocycles. The summed E-state index contributed by atoms with van der Waals surface area (Å²) >= 11 is 5.65. The fraction of sp³-hybridized carbons (Fsp3) is 0.400. The zero-order valence-corrected chi connectivity index (χ0v) is 9.02. The minimum Gasteiger partial charge on any atom is -0.376 e. The van der Waals surface area contributed by atoms with Crippen LogP contribution in [-0.4, -0.2) is 17.8 Å². The van der Waals surface area contributed by atoms with Gasteiger partial charge in [-0.1, -0.05) is 29.8 Å². The molecule has 16 heavy (non-hydrogen) atoms. The van der Waals surface area contributed by atoms with Gasteiger partial charge in [0.05, 0.1) is 0 Å². The van der Waals surface area contributed by atoms with Gasteiger partial charge in [-0.05, 0) is 12.6 Å².